The lowest BCUT2D eigenvalue weighted by atomic mass is 10.1. The minimum atomic E-state index is -0.671. The highest BCUT2D eigenvalue weighted by Crippen LogP contribution is 2.06. The van der Waals surface area contributed by atoms with Crippen LogP contribution in [-0.4, -0.2) is 18.9 Å². The molecule has 0 bridgehead atoms. The predicted molar refractivity (Wildman–Crippen MR) is 30.1 cm³/mol. The summed E-state index contributed by atoms with van der Waals surface area (Å²) in [6.45, 7) is 0.432. The van der Waals surface area contributed by atoms with E-state index in [1.165, 1.54) is 0 Å². The maximum absolute atomic E-state index is 12.2. The molecule has 3 heteroatoms. The van der Waals surface area contributed by atoms with Crippen LogP contribution in [0, 0.1) is 0 Å². The Morgan fingerprint density at radius 1 is 1.50 bits per heavy atom. The van der Waals surface area contributed by atoms with E-state index in [0.717, 1.165) is 6.42 Å². The number of rotatable bonds is 0. The fraction of sp³-hybridized carbons (Fsp3) is 1.00. The molecule has 8 heavy (non-hydrogen) atoms. The lowest BCUT2D eigenvalue weighted by Crippen LogP contribution is -2.45. The molecule has 48 valence electrons. The van der Waals surface area contributed by atoms with Gasteiger partial charge in [-0.15, -0.1) is 0 Å². The van der Waals surface area contributed by atoms with Crippen molar-refractivity contribution in [1.29, 1.82) is 0 Å². The maximum atomic E-state index is 12.2. The molecular formula is C5H11FN2. The quantitative estimate of drug-likeness (QED) is 0.469. The molecule has 1 heterocycles. The van der Waals surface area contributed by atoms with Crippen LogP contribution in [0.25, 0.3) is 0 Å². The van der Waals surface area contributed by atoms with Gasteiger partial charge in [-0.2, -0.15) is 0 Å². The average Bonchev–Trinajstić information content (AvgIpc) is 1.77. The van der Waals surface area contributed by atoms with Crippen LogP contribution in [0.1, 0.15) is 12.8 Å². The number of hydrogen-bond donors (Lipinski definition) is 2. The zero-order valence-electron chi connectivity index (χ0n) is 4.73. The molecule has 0 aliphatic carbocycles. The van der Waals surface area contributed by atoms with Crippen LogP contribution in [0.15, 0.2) is 0 Å². The van der Waals surface area contributed by atoms with Gasteiger partial charge in [0.1, 0.15) is 6.17 Å². The van der Waals surface area contributed by atoms with Gasteiger partial charge in [0, 0.05) is 6.54 Å². The van der Waals surface area contributed by atoms with Crippen molar-refractivity contribution in [3.05, 3.63) is 0 Å². The van der Waals surface area contributed by atoms with Crippen molar-refractivity contribution in [1.82, 2.24) is 5.32 Å². The number of hydrogen-bond acceptors (Lipinski definition) is 2. The second-order valence-corrected chi connectivity index (χ2v) is 2.19. The smallest absolute Gasteiger partial charge is 0.113 e. The predicted octanol–water partition coefficient (Wildman–Crippen LogP) is -0.00730. The van der Waals surface area contributed by atoms with Gasteiger partial charge in [0.05, 0.1) is 6.17 Å². The number of nitrogens with two attached hydrogens (primary N) is 1. The monoisotopic (exact) mass is 118 g/mol. The van der Waals surface area contributed by atoms with Crippen LogP contribution in [0.2, 0.25) is 0 Å². The highest BCUT2D eigenvalue weighted by molar-refractivity contribution is 4.72. The highest BCUT2D eigenvalue weighted by Gasteiger charge is 2.15. The maximum Gasteiger partial charge on any atom is 0.113 e. The van der Waals surface area contributed by atoms with Gasteiger partial charge in [0.25, 0.3) is 0 Å². The zero-order valence-corrected chi connectivity index (χ0v) is 4.73. The normalized spacial score (nSPS) is 39.8. The first kappa shape index (κ1) is 5.98. The Labute approximate surface area is 48.2 Å². The second kappa shape index (κ2) is 2.42. The summed E-state index contributed by atoms with van der Waals surface area (Å²) in [6.07, 6.45) is 0.742. The molecule has 0 aromatic heterocycles. The molecule has 3 N–H and O–H groups in total. The molecule has 1 saturated heterocycles. The minimum absolute atomic E-state index is 0.0296. The van der Waals surface area contributed by atoms with Crippen molar-refractivity contribution < 1.29 is 4.39 Å². The van der Waals surface area contributed by atoms with Gasteiger partial charge < -0.3 is 5.73 Å². The third kappa shape index (κ3) is 1.42. The van der Waals surface area contributed by atoms with Crippen LogP contribution >= 0.6 is 0 Å². The van der Waals surface area contributed by atoms with Crippen molar-refractivity contribution in [2.45, 2.75) is 25.2 Å². The third-order valence-corrected chi connectivity index (χ3v) is 1.39. The van der Waals surface area contributed by atoms with Crippen molar-refractivity contribution >= 4 is 0 Å². The van der Waals surface area contributed by atoms with E-state index < -0.39 is 6.17 Å². The number of alkyl halides is 1. The molecule has 1 aliphatic rings. The highest BCUT2D eigenvalue weighted by atomic mass is 19.1. The summed E-state index contributed by atoms with van der Waals surface area (Å²) in [7, 11) is 0. The Kier molecular flexibility index (Phi) is 1.81. The lowest BCUT2D eigenvalue weighted by Gasteiger charge is -2.21. The van der Waals surface area contributed by atoms with E-state index in [0.29, 0.717) is 13.0 Å². The number of nitrogens with one attached hydrogen (secondary N) is 1. The van der Waals surface area contributed by atoms with Gasteiger partial charge in [-0.25, -0.2) is 4.39 Å². The fourth-order valence-electron chi connectivity index (χ4n) is 0.844. The van der Waals surface area contributed by atoms with Gasteiger partial charge in [0.2, 0.25) is 0 Å². The van der Waals surface area contributed by atoms with Gasteiger partial charge in [-0.1, -0.05) is 0 Å². The fourth-order valence-corrected chi connectivity index (χ4v) is 0.844. The molecule has 0 spiro atoms. The Hall–Kier alpha value is -0.150. The first-order valence-corrected chi connectivity index (χ1v) is 2.92. The Morgan fingerprint density at radius 3 is 2.62 bits per heavy atom. The van der Waals surface area contributed by atoms with E-state index in [1.54, 1.807) is 0 Å². The Morgan fingerprint density at radius 2 is 2.25 bits per heavy atom. The molecule has 0 saturated carbocycles. The van der Waals surface area contributed by atoms with Gasteiger partial charge in [-0.05, 0) is 12.8 Å². The summed E-state index contributed by atoms with van der Waals surface area (Å²) in [5.41, 5.74) is 5.42. The van der Waals surface area contributed by atoms with Crippen LogP contribution in [-0.2, 0) is 0 Å². The summed E-state index contributed by atoms with van der Waals surface area (Å²) >= 11 is 0. The van der Waals surface area contributed by atoms with Gasteiger partial charge in [0.15, 0.2) is 0 Å². The standard InChI is InChI=1S/C5H11FN2/c6-4-1-2-5(7)8-3-4/h4-5,8H,1-3,7H2. The lowest BCUT2D eigenvalue weighted by molar-refractivity contribution is 0.235. The molecule has 0 radical (unpaired) electrons. The van der Waals surface area contributed by atoms with Crippen molar-refractivity contribution in [2.75, 3.05) is 6.54 Å². The summed E-state index contributed by atoms with van der Waals surface area (Å²) in [4.78, 5) is 0. The van der Waals surface area contributed by atoms with Gasteiger partial charge >= 0.3 is 0 Å². The van der Waals surface area contributed by atoms with E-state index in [4.69, 9.17) is 5.73 Å². The summed E-state index contributed by atoms with van der Waals surface area (Å²) < 4.78 is 12.2. The average molecular weight is 118 g/mol. The molecule has 2 nitrogen and oxygen atoms in total. The first-order valence-electron chi connectivity index (χ1n) is 2.92. The van der Waals surface area contributed by atoms with Crippen LogP contribution in [0.4, 0.5) is 4.39 Å². The molecule has 2 unspecified atom stereocenters. The minimum Gasteiger partial charge on any atom is -0.316 e. The van der Waals surface area contributed by atoms with Crippen LogP contribution < -0.4 is 11.1 Å². The van der Waals surface area contributed by atoms with Gasteiger partial charge in [-0.3, -0.25) is 5.32 Å². The van der Waals surface area contributed by atoms with Crippen molar-refractivity contribution in [3.8, 4) is 0 Å². The van der Waals surface area contributed by atoms with E-state index in [2.05, 4.69) is 5.32 Å². The number of piperidine rings is 1. The van der Waals surface area contributed by atoms with Crippen molar-refractivity contribution in [3.63, 3.8) is 0 Å². The van der Waals surface area contributed by atoms with E-state index in [-0.39, 0.29) is 6.17 Å². The van der Waals surface area contributed by atoms with Crippen molar-refractivity contribution in [2.24, 2.45) is 5.73 Å². The second-order valence-electron chi connectivity index (χ2n) is 2.19. The molecule has 1 rings (SSSR count). The molecule has 0 amide bonds. The summed E-state index contributed by atoms with van der Waals surface area (Å²) in [6, 6.07) is 0. The topological polar surface area (TPSA) is 38.0 Å². The van der Waals surface area contributed by atoms with E-state index in [9.17, 15) is 4.39 Å². The Balaban J connectivity index is 2.19. The molecule has 1 fully saturated rings. The molecule has 2 atom stereocenters. The largest absolute Gasteiger partial charge is 0.316 e. The first-order chi connectivity index (χ1) is 3.79. The zero-order chi connectivity index (χ0) is 5.98. The third-order valence-electron chi connectivity index (χ3n) is 1.39. The van der Waals surface area contributed by atoms with Crippen LogP contribution in [0.3, 0.4) is 0 Å². The molecular weight excluding hydrogens is 107 g/mol. The number of halogens is 1. The molecule has 0 aromatic rings. The summed E-state index contributed by atoms with van der Waals surface area (Å²) in [5, 5.41) is 2.83. The summed E-state index contributed by atoms with van der Waals surface area (Å²) in [5.74, 6) is 0. The van der Waals surface area contributed by atoms with E-state index in [1.807, 2.05) is 0 Å². The molecule has 1 aliphatic heterocycles. The SMILES string of the molecule is NC1CCC(F)CN1. The van der Waals surface area contributed by atoms with E-state index >= 15 is 0 Å². The molecule has 0 aromatic carbocycles. The Bertz CT molecular complexity index is 58.8. The van der Waals surface area contributed by atoms with Crippen LogP contribution in [0.5, 0.6) is 0 Å².